The van der Waals surface area contributed by atoms with Gasteiger partial charge in [-0.05, 0) is 25.7 Å². The van der Waals surface area contributed by atoms with E-state index in [4.69, 9.17) is 9.47 Å². The van der Waals surface area contributed by atoms with Gasteiger partial charge in [0, 0.05) is 31.3 Å². The minimum Gasteiger partial charge on any atom is -0.377 e. The molecule has 1 atom stereocenters. The van der Waals surface area contributed by atoms with Crippen molar-refractivity contribution in [1.82, 2.24) is 9.36 Å². The first kappa shape index (κ1) is 13.3. The number of nitrogens with zero attached hydrogens (tertiary/aromatic N) is 2. The first-order valence-electron chi connectivity index (χ1n) is 7.02. The average Bonchev–Trinajstić information content (AvgIpc) is 3.01. The van der Waals surface area contributed by atoms with E-state index in [9.17, 15) is 0 Å². The summed E-state index contributed by atoms with van der Waals surface area (Å²) in [5, 5.41) is 4.43. The molecule has 19 heavy (non-hydrogen) atoms. The van der Waals surface area contributed by atoms with Gasteiger partial charge < -0.3 is 14.8 Å². The van der Waals surface area contributed by atoms with E-state index in [2.05, 4.69) is 14.7 Å². The quantitative estimate of drug-likeness (QED) is 0.920. The molecule has 6 heteroatoms. The Morgan fingerprint density at radius 1 is 1.47 bits per heavy atom. The molecule has 0 radical (unpaired) electrons. The fourth-order valence-electron chi connectivity index (χ4n) is 3.19. The minimum absolute atomic E-state index is 0.149. The largest absolute Gasteiger partial charge is 0.377 e. The second-order valence-corrected chi connectivity index (χ2v) is 6.27. The van der Waals surface area contributed by atoms with Crippen LogP contribution in [-0.2, 0) is 16.1 Å². The summed E-state index contributed by atoms with van der Waals surface area (Å²) in [6, 6.07) is 0.468. The Bertz CT molecular complexity index is 418. The summed E-state index contributed by atoms with van der Waals surface area (Å²) in [5.74, 6) is 0.762. The first-order chi connectivity index (χ1) is 9.30. The second kappa shape index (κ2) is 5.73. The van der Waals surface area contributed by atoms with Gasteiger partial charge in [0.25, 0.3) is 0 Å². The summed E-state index contributed by atoms with van der Waals surface area (Å²) >= 11 is 1.42. The van der Waals surface area contributed by atoms with Crippen molar-refractivity contribution in [3.8, 4) is 0 Å². The molecule has 1 saturated carbocycles. The molecule has 1 aromatic rings. The van der Waals surface area contributed by atoms with Gasteiger partial charge in [-0.25, -0.2) is 4.98 Å². The van der Waals surface area contributed by atoms with Gasteiger partial charge in [-0.2, -0.15) is 4.37 Å². The molecule has 106 valence electrons. The van der Waals surface area contributed by atoms with Gasteiger partial charge in [0.05, 0.1) is 5.60 Å². The van der Waals surface area contributed by atoms with Crippen molar-refractivity contribution in [3.63, 3.8) is 0 Å². The highest BCUT2D eigenvalue weighted by Crippen LogP contribution is 2.40. The predicted molar refractivity (Wildman–Crippen MR) is 74.4 cm³/mol. The summed E-state index contributed by atoms with van der Waals surface area (Å²) in [7, 11) is 1.66. The van der Waals surface area contributed by atoms with Crippen molar-refractivity contribution in [2.45, 2.75) is 56.8 Å². The van der Waals surface area contributed by atoms with Gasteiger partial charge in [0.2, 0.25) is 5.13 Å². The molecule has 1 aromatic heterocycles. The van der Waals surface area contributed by atoms with Gasteiger partial charge in [0.1, 0.15) is 6.61 Å². The third-order valence-electron chi connectivity index (χ3n) is 4.08. The van der Waals surface area contributed by atoms with E-state index in [0.717, 1.165) is 30.4 Å². The fraction of sp³-hybridized carbons (Fsp3) is 0.846. The molecule has 1 aliphatic heterocycles. The van der Waals surface area contributed by atoms with Crippen LogP contribution < -0.4 is 5.32 Å². The Balaban J connectivity index is 1.59. The van der Waals surface area contributed by atoms with Crippen molar-refractivity contribution in [3.05, 3.63) is 5.82 Å². The van der Waals surface area contributed by atoms with Gasteiger partial charge in [-0.1, -0.05) is 12.8 Å². The van der Waals surface area contributed by atoms with E-state index in [0.29, 0.717) is 12.6 Å². The Kier molecular flexibility index (Phi) is 4.00. The highest BCUT2D eigenvalue weighted by molar-refractivity contribution is 7.09. The van der Waals surface area contributed by atoms with Crippen LogP contribution in [0.3, 0.4) is 0 Å². The molecule has 5 nitrogen and oxygen atoms in total. The molecule has 3 rings (SSSR count). The van der Waals surface area contributed by atoms with Crippen LogP contribution in [0.1, 0.15) is 44.3 Å². The maximum atomic E-state index is 6.05. The van der Waals surface area contributed by atoms with Gasteiger partial charge in [0.15, 0.2) is 5.82 Å². The lowest BCUT2D eigenvalue weighted by Crippen LogP contribution is -2.42. The molecule has 2 aliphatic rings. The number of hydrogen-bond acceptors (Lipinski definition) is 6. The van der Waals surface area contributed by atoms with Crippen LogP contribution >= 0.6 is 11.5 Å². The normalized spacial score (nSPS) is 25.8. The Hall–Kier alpha value is -0.720. The number of hydrogen-bond donors (Lipinski definition) is 1. The topological polar surface area (TPSA) is 56.3 Å². The molecule has 0 amide bonds. The molecule has 1 spiro atoms. The lowest BCUT2D eigenvalue weighted by Gasteiger charge is -2.38. The maximum absolute atomic E-state index is 6.05. The third-order valence-corrected chi connectivity index (χ3v) is 4.76. The summed E-state index contributed by atoms with van der Waals surface area (Å²) in [6.45, 7) is 1.34. The average molecular weight is 283 g/mol. The van der Waals surface area contributed by atoms with E-state index in [1.807, 2.05) is 0 Å². The highest BCUT2D eigenvalue weighted by atomic mass is 32.1. The van der Waals surface area contributed by atoms with Crippen LogP contribution in [-0.4, -0.2) is 34.7 Å². The Morgan fingerprint density at radius 3 is 3.11 bits per heavy atom. The lowest BCUT2D eigenvalue weighted by molar-refractivity contribution is -0.0767. The zero-order chi connectivity index (χ0) is 13.1. The molecule has 1 saturated heterocycles. The van der Waals surface area contributed by atoms with E-state index in [1.54, 1.807) is 7.11 Å². The van der Waals surface area contributed by atoms with Gasteiger partial charge >= 0.3 is 0 Å². The smallest absolute Gasteiger partial charge is 0.202 e. The predicted octanol–water partition coefficient (Wildman–Crippen LogP) is 2.59. The Labute approximate surface area is 117 Å². The highest BCUT2D eigenvalue weighted by Gasteiger charge is 2.40. The van der Waals surface area contributed by atoms with E-state index in [-0.39, 0.29) is 5.60 Å². The Morgan fingerprint density at radius 2 is 2.32 bits per heavy atom. The van der Waals surface area contributed by atoms with E-state index >= 15 is 0 Å². The van der Waals surface area contributed by atoms with Crippen molar-refractivity contribution in [1.29, 1.82) is 0 Å². The van der Waals surface area contributed by atoms with Crippen LogP contribution in [0, 0.1) is 0 Å². The summed E-state index contributed by atoms with van der Waals surface area (Å²) in [5.41, 5.74) is 0.149. The fourth-order valence-corrected chi connectivity index (χ4v) is 3.84. The molecule has 2 heterocycles. The number of methoxy groups -OCH3 is 1. The van der Waals surface area contributed by atoms with Crippen LogP contribution in [0.4, 0.5) is 5.13 Å². The number of ether oxygens (including phenoxy) is 2. The first-order valence-corrected chi connectivity index (χ1v) is 7.79. The van der Waals surface area contributed by atoms with Gasteiger partial charge in [-0.3, -0.25) is 0 Å². The SMILES string of the molecule is COCc1nsc(NC2CCOC3(CCCC3)C2)n1. The van der Waals surface area contributed by atoms with E-state index in [1.165, 1.54) is 37.2 Å². The molecular weight excluding hydrogens is 262 g/mol. The van der Waals surface area contributed by atoms with Crippen molar-refractivity contribution in [2.75, 3.05) is 19.0 Å². The minimum atomic E-state index is 0.149. The third kappa shape index (κ3) is 3.07. The number of nitrogens with one attached hydrogen (secondary N) is 1. The molecule has 1 unspecified atom stereocenters. The van der Waals surface area contributed by atoms with Crippen LogP contribution in [0.25, 0.3) is 0 Å². The number of anilines is 1. The zero-order valence-corrected chi connectivity index (χ0v) is 12.2. The number of rotatable bonds is 4. The van der Waals surface area contributed by atoms with Gasteiger partial charge in [-0.15, -0.1) is 0 Å². The summed E-state index contributed by atoms with van der Waals surface area (Å²) in [4.78, 5) is 4.44. The van der Waals surface area contributed by atoms with Crippen LogP contribution in [0.15, 0.2) is 0 Å². The lowest BCUT2D eigenvalue weighted by atomic mass is 9.89. The molecule has 0 aromatic carbocycles. The van der Waals surface area contributed by atoms with Crippen molar-refractivity contribution < 1.29 is 9.47 Å². The maximum Gasteiger partial charge on any atom is 0.202 e. The molecule has 2 fully saturated rings. The van der Waals surface area contributed by atoms with Crippen molar-refractivity contribution in [2.24, 2.45) is 0 Å². The summed E-state index contributed by atoms with van der Waals surface area (Å²) in [6.07, 6.45) is 7.21. The van der Waals surface area contributed by atoms with Crippen LogP contribution in [0.2, 0.25) is 0 Å². The molecule has 1 aliphatic carbocycles. The number of aromatic nitrogens is 2. The molecular formula is C13H21N3O2S. The van der Waals surface area contributed by atoms with E-state index < -0.39 is 0 Å². The second-order valence-electron chi connectivity index (χ2n) is 5.52. The summed E-state index contributed by atoms with van der Waals surface area (Å²) < 4.78 is 15.4. The van der Waals surface area contributed by atoms with Crippen LogP contribution in [0.5, 0.6) is 0 Å². The molecule has 1 N–H and O–H groups in total. The van der Waals surface area contributed by atoms with Crippen molar-refractivity contribution >= 4 is 16.7 Å². The standard InChI is InChI=1S/C13H21N3O2S/c1-17-9-11-15-12(19-16-11)14-10-4-7-18-13(8-10)5-2-3-6-13/h10H,2-9H2,1H3,(H,14,15,16). The molecule has 0 bridgehead atoms. The zero-order valence-electron chi connectivity index (χ0n) is 11.4. The monoisotopic (exact) mass is 283 g/mol.